The molecule has 21 heteroatoms. The van der Waals surface area contributed by atoms with Crippen LogP contribution in [0.1, 0.15) is 58.7 Å². The normalized spacial score (nSPS) is 13.5. The number of hydrogen-bond acceptors (Lipinski definition) is 12. The number of nitrogens with zero attached hydrogens (tertiary/aromatic N) is 5. The van der Waals surface area contributed by atoms with Gasteiger partial charge in [0.25, 0.3) is 16.6 Å². The molecule has 0 bridgehead atoms. The number of rotatable bonds is 12. The Morgan fingerprint density at radius 1 is 0.663 bits per heavy atom. The van der Waals surface area contributed by atoms with Gasteiger partial charge in [-0.15, -0.1) is 0 Å². The zero-order chi connectivity index (χ0) is 63.7. The Labute approximate surface area is 660 Å². The second-order valence-corrected chi connectivity index (χ2v) is 24.2. The fraction of sp³-hybridized carbons (Fsp3) is 0.211. The number of aryl methyl sites for hydroxylation is 1. The maximum Gasteiger partial charge on any atom is 1.00 e. The summed E-state index contributed by atoms with van der Waals surface area (Å²) >= 11 is 5.71. The van der Waals surface area contributed by atoms with E-state index in [1.165, 1.54) is 39.7 Å². The van der Waals surface area contributed by atoms with Crippen molar-refractivity contribution in [1.29, 1.82) is 0 Å². The molecule has 0 saturated carbocycles. The van der Waals surface area contributed by atoms with Crippen molar-refractivity contribution in [1.82, 2.24) is 19.9 Å². The van der Waals surface area contributed by atoms with Gasteiger partial charge in [-0.25, -0.2) is 19.5 Å². The average Bonchev–Trinajstić information content (AvgIpc) is 1.65. The number of alkyl halides is 2. The summed E-state index contributed by atoms with van der Waals surface area (Å²) in [6.07, 6.45) is 8.55. The van der Waals surface area contributed by atoms with Crippen molar-refractivity contribution in [3.63, 3.8) is 0 Å². The van der Waals surface area contributed by atoms with Gasteiger partial charge in [0.15, 0.2) is 6.54 Å². The van der Waals surface area contributed by atoms with Gasteiger partial charge >= 0.3 is 145 Å². The molecular formula is C71H69BClCs2F2N6O8S+. The minimum Gasteiger partial charge on any atom is -1.00 e. The predicted octanol–water partition coefficient (Wildman–Crippen LogP) is 8.66. The predicted molar refractivity (Wildman–Crippen MR) is 355 cm³/mol. The number of carbonyl (C=O) groups excluding carboxylic acids is 1. The summed E-state index contributed by atoms with van der Waals surface area (Å²) in [6, 6.07) is 63.8. The van der Waals surface area contributed by atoms with Crippen molar-refractivity contribution in [2.45, 2.75) is 76.4 Å². The van der Waals surface area contributed by atoms with E-state index in [1.54, 1.807) is 18.2 Å². The van der Waals surface area contributed by atoms with Gasteiger partial charge in [0.2, 0.25) is 5.69 Å². The van der Waals surface area contributed by atoms with Gasteiger partial charge in [0.1, 0.15) is 11.4 Å². The third-order valence-corrected chi connectivity index (χ3v) is 16.9. The number of hydrogen-bond donors (Lipinski definition) is 1. The van der Waals surface area contributed by atoms with E-state index in [0.717, 1.165) is 91.5 Å². The first-order valence-electron chi connectivity index (χ1n) is 29.3. The number of H-pyrrole nitrogens is 1. The zero-order valence-electron chi connectivity index (χ0n) is 53.6. The van der Waals surface area contributed by atoms with E-state index in [9.17, 15) is 17.2 Å². The van der Waals surface area contributed by atoms with E-state index in [1.807, 2.05) is 80.0 Å². The van der Waals surface area contributed by atoms with Crippen LogP contribution in [-0.2, 0) is 46.1 Å². The molecule has 14 nitrogen and oxygen atoms in total. The Bertz CT molecular complexity index is 4440. The Kier molecular flexibility index (Phi) is 29.1. The van der Waals surface area contributed by atoms with Crippen molar-refractivity contribution in [2.75, 3.05) is 26.5 Å². The van der Waals surface area contributed by atoms with Crippen molar-refractivity contribution in [3.8, 4) is 22.5 Å². The number of aromatic nitrogens is 4. The summed E-state index contributed by atoms with van der Waals surface area (Å²) in [5.41, 5.74) is 14.8. The number of para-hydroxylation sites is 3. The van der Waals surface area contributed by atoms with Crippen LogP contribution in [0.3, 0.4) is 0 Å². The third-order valence-electron chi connectivity index (χ3n) is 15.4. The monoisotopic (exact) mass is 1520 g/mol. The van der Waals surface area contributed by atoms with Crippen LogP contribution in [0.2, 0.25) is 5.15 Å². The molecule has 462 valence electrons. The van der Waals surface area contributed by atoms with Gasteiger partial charge in [-0.1, -0.05) is 114 Å². The number of benzene rings is 7. The molecule has 0 spiro atoms. The third kappa shape index (κ3) is 20.1. The van der Waals surface area contributed by atoms with Gasteiger partial charge in [0.05, 0.1) is 76.1 Å². The number of aromatic amines is 1. The summed E-state index contributed by atoms with van der Waals surface area (Å²) in [5, 5.41) is 13.6. The molecule has 3 aliphatic heterocycles. The largest absolute Gasteiger partial charge is 1.00 e. The topological polar surface area (TPSA) is 181 Å². The molecule has 92 heavy (non-hydrogen) atoms. The van der Waals surface area contributed by atoms with Crippen molar-refractivity contribution >= 4 is 108 Å². The van der Waals surface area contributed by atoms with Crippen molar-refractivity contribution < 1.29 is 189 Å². The fourth-order valence-corrected chi connectivity index (χ4v) is 11.0. The standard InChI is InChI=1S/C20H18FN2.C17H12N2.C14H18BNO2.C10H13FO3S.C9H6ClN.CH2O3.2Cs.H/c21-11-3-12-23-13-10-17-14-16(7-9-20(17)23)19-8-6-15-4-1-2-5-18(15)22-19;1-2-4-16-12(3-1)5-8-17(19-16)13-6-7-15-14(11-13)9-10-18-15;1-13(2)14(3,4)18-15(17-13)11-5-6-12-10(9-11)7-8-16-12;1-9-3-5-10(6-4-9)15(12,13)14-8-2-7-11;10-9-6-5-7-3-1-2-4-8(7)11-9;2-1-4-3;;;/h1-2,4-9,13-14H,3,10-12H2;1-8,10-11H,9H2;5-9,16H,1-4H3;3-6H,2,7-8H2,1H3;1-6H;1,3H;;;/q+1;;;;;;2*+1;-1/p-1. The number of nitrogens with one attached hydrogen (secondary N) is 1. The summed E-state index contributed by atoms with van der Waals surface area (Å²) in [6.45, 7) is 9.75. The number of halogens is 3. The van der Waals surface area contributed by atoms with E-state index >= 15 is 0 Å². The molecule has 0 atom stereocenters. The molecule has 0 aliphatic carbocycles. The Morgan fingerprint density at radius 2 is 1.22 bits per heavy atom. The summed E-state index contributed by atoms with van der Waals surface area (Å²) in [5.74, 6) is 0. The van der Waals surface area contributed by atoms with Gasteiger partial charge in [0, 0.05) is 76.1 Å². The molecule has 14 rings (SSSR count). The number of fused-ring (bicyclic) bond motifs is 6. The molecule has 3 aliphatic rings. The van der Waals surface area contributed by atoms with Crippen LogP contribution in [-0.4, -0.2) is 96.7 Å². The molecule has 0 radical (unpaired) electrons. The average molecular weight is 1520 g/mol. The van der Waals surface area contributed by atoms with Gasteiger partial charge < -0.3 is 25.9 Å². The first-order valence-corrected chi connectivity index (χ1v) is 31.1. The van der Waals surface area contributed by atoms with Crippen LogP contribution in [0.5, 0.6) is 0 Å². The Hall–Kier alpha value is -4.77. The molecule has 7 heterocycles. The fourth-order valence-electron chi connectivity index (χ4n) is 9.90. The molecule has 7 aromatic carbocycles. The Morgan fingerprint density at radius 3 is 1.80 bits per heavy atom. The number of pyridine rings is 3. The van der Waals surface area contributed by atoms with E-state index in [4.69, 9.17) is 40.9 Å². The van der Waals surface area contributed by atoms with Crippen molar-refractivity contribution in [3.05, 3.63) is 222 Å². The van der Waals surface area contributed by atoms with Crippen molar-refractivity contribution in [2.24, 2.45) is 4.99 Å². The van der Waals surface area contributed by atoms with E-state index in [2.05, 4.69) is 166 Å². The molecule has 0 amide bonds. The van der Waals surface area contributed by atoms with Crippen LogP contribution in [0, 0.1) is 6.92 Å². The van der Waals surface area contributed by atoms with Crippen LogP contribution in [0.4, 0.5) is 20.2 Å². The van der Waals surface area contributed by atoms with Crippen LogP contribution >= 0.6 is 11.6 Å². The smallest absolute Gasteiger partial charge is 1.00 e. The first-order chi connectivity index (χ1) is 43.5. The minimum absolute atomic E-state index is 0. The summed E-state index contributed by atoms with van der Waals surface area (Å²) in [4.78, 5) is 32.5. The second-order valence-electron chi connectivity index (χ2n) is 22.2. The molecule has 1 saturated heterocycles. The van der Waals surface area contributed by atoms with Crippen LogP contribution in [0.15, 0.2) is 210 Å². The molecule has 1 N–H and O–H groups in total. The molecule has 0 unspecified atom stereocenters. The van der Waals surface area contributed by atoms with Crippen LogP contribution in [0.25, 0.3) is 66.1 Å². The molecule has 4 aromatic heterocycles. The minimum atomic E-state index is -3.72. The van der Waals surface area contributed by atoms with E-state index in [-0.39, 0.29) is 189 Å². The second kappa shape index (κ2) is 35.8. The van der Waals surface area contributed by atoms with Crippen LogP contribution < -0.4 is 149 Å². The Balaban J connectivity index is 0.000000183. The van der Waals surface area contributed by atoms with E-state index in [0.29, 0.717) is 11.6 Å². The summed E-state index contributed by atoms with van der Waals surface area (Å²) < 4.78 is 66.0. The first kappa shape index (κ1) is 74.6. The molecule has 11 aromatic rings. The van der Waals surface area contributed by atoms with Gasteiger partial charge in [-0.2, -0.15) is 8.42 Å². The molecule has 1 fully saturated rings. The van der Waals surface area contributed by atoms with E-state index < -0.39 is 16.8 Å². The van der Waals surface area contributed by atoms with Gasteiger partial charge in [-0.3, -0.25) is 22.8 Å². The van der Waals surface area contributed by atoms with Gasteiger partial charge in [-0.05, 0) is 142 Å². The number of aliphatic imine (C=N–C) groups is 1. The maximum atomic E-state index is 12.4. The quantitative estimate of drug-likeness (QED) is 0.0181. The SMILES string of the molecule is C1=Nc2ccc(-c3ccc4ccccc4n3)cc2C1.CC1(C)OB(c2ccc3[nH]ccc3c2)OC1(C)C.Cc1ccc(S(=O)(=O)OCCCF)cc1.Clc1ccc2ccccc2n1.FCCC[N+]1=CCc2cc(-c3ccc4ccccc4n3)ccc21.O=CO[O-].[Cs+].[Cs+].[H-]. The summed E-state index contributed by atoms with van der Waals surface area (Å²) in [7, 11) is -4.00. The maximum absolute atomic E-state index is 12.4. The number of carbonyl (C=O) groups is 1. The molecular weight excluding hydrogens is 1450 g/mol. The zero-order valence-corrected chi connectivity index (χ0v) is 66.7.